The number of hydrogen-bond donors (Lipinski definition) is 0. The molecule has 1 atom stereocenters. The Balaban J connectivity index is 1.85. The molecule has 0 amide bonds. The molecule has 0 aliphatic carbocycles. The number of hydrogen-bond acceptors (Lipinski definition) is 7. The SMILES string of the molecule is CCCC1=C(C(=O)OCC)C(c2c(OC)ccc3ccccc23)n2c(s/c(=C\c3ccc(SC)cc3)c2=O)=N1. The molecule has 5 rings (SSSR count). The molecule has 8 heteroatoms. The minimum absolute atomic E-state index is 0.204. The highest BCUT2D eigenvalue weighted by atomic mass is 32.2. The maximum atomic E-state index is 14.1. The van der Waals surface area contributed by atoms with Crippen LogP contribution in [-0.2, 0) is 9.53 Å². The summed E-state index contributed by atoms with van der Waals surface area (Å²) in [7, 11) is 1.61. The molecule has 1 aromatic heterocycles. The first-order chi connectivity index (χ1) is 19.0. The number of thioether (sulfide) groups is 1. The molecule has 3 aromatic carbocycles. The molecule has 0 saturated carbocycles. The van der Waals surface area contributed by atoms with E-state index >= 15 is 0 Å². The maximum absolute atomic E-state index is 14.1. The number of esters is 1. The molecule has 1 aliphatic heterocycles. The Kier molecular flexibility index (Phi) is 8.04. The minimum atomic E-state index is -0.746. The number of ether oxygens (including phenoxy) is 2. The number of fused-ring (bicyclic) bond motifs is 2. The molecule has 1 unspecified atom stereocenters. The van der Waals surface area contributed by atoms with Gasteiger partial charge in [-0.05, 0) is 60.2 Å². The predicted molar refractivity (Wildman–Crippen MR) is 158 cm³/mol. The smallest absolute Gasteiger partial charge is 0.338 e. The van der Waals surface area contributed by atoms with Crippen molar-refractivity contribution in [2.24, 2.45) is 4.99 Å². The summed E-state index contributed by atoms with van der Waals surface area (Å²) in [5.74, 6) is 0.132. The molecule has 4 aromatic rings. The van der Waals surface area contributed by atoms with Gasteiger partial charge in [0.1, 0.15) is 11.8 Å². The van der Waals surface area contributed by atoms with E-state index in [0.29, 0.717) is 32.8 Å². The fourth-order valence-electron chi connectivity index (χ4n) is 4.98. The second-order valence-electron chi connectivity index (χ2n) is 9.09. The van der Waals surface area contributed by atoms with Gasteiger partial charge in [0.05, 0.1) is 29.5 Å². The molecule has 200 valence electrons. The van der Waals surface area contributed by atoms with Crippen LogP contribution in [0.3, 0.4) is 0 Å². The van der Waals surface area contributed by atoms with Crippen molar-refractivity contribution < 1.29 is 14.3 Å². The van der Waals surface area contributed by atoms with Crippen molar-refractivity contribution in [2.45, 2.75) is 37.6 Å². The van der Waals surface area contributed by atoms with Gasteiger partial charge in [-0.25, -0.2) is 9.79 Å². The van der Waals surface area contributed by atoms with Crippen molar-refractivity contribution >= 4 is 45.9 Å². The largest absolute Gasteiger partial charge is 0.496 e. The van der Waals surface area contributed by atoms with E-state index in [0.717, 1.165) is 33.2 Å². The van der Waals surface area contributed by atoms with Crippen molar-refractivity contribution in [3.63, 3.8) is 0 Å². The number of methoxy groups -OCH3 is 1. The number of benzene rings is 3. The van der Waals surface area contributed by atoms with Gasteiger partial charge in [0, 0.05) is 10.5 Å². The standard InChI is InChI=1S/C31H30N2O4S2/c1-5-9-23-27(30(35)37-6-2)28(26-22-11-8-7-10-20(22)14-17-24(26)36-3)33-29(34)25(39-31(33)32-23)18-19-12-15-21(38-4)16-13-19/h7-8,10-18,28H,5-6,9H2,1-4H3/b25-18-. The van der Waals surface area contributed by atoms with Crippen LogP contribution in [0.4, 0.5) is 0 Å². The Morgan fingerprint density at radius 1 is 1.10 bits per heavy atom. The van der Waals surface area contributed by atoms with Gasteiger partial charge in [0.2, 0.25) is 0 Å². The van der Waals surface area contributed by atoms with Crippen molar-refractivity contribution in [3.05, 3.63) is 103 Å². The molecule has 0 N–H and O–H groups in total. The Morgan fingerprint density at radius 3 is 2.56 bits per heavy atom. The number of allylic oxidation sites excluding steroid dienone is 1. The first-order valence-corrected chi connectivity index (χ1v) is 15.0. The lowest BCUT2D eigenvalue weighted by atomic mass is 9.90. The molecule has 0 saturated heterocycles. The van der Waals surface area contributed by atoms with E-state index in [1.807, 2.05) is 79.9 Å². The lowest BCUT2D eigenvalue weighted by Gasteiger charge is -2.28. The van der Waals surface area contributed by atoms with Gasteiger partial charge in [0.15, 0.2) is 4.80 Å². The Hall–Kier alpha value is -3.62. The van der Waals surface area contributed by atoms with E-state index in [1.54, 1.807) is 30.4 Å². The molecule has 0 fully saturated rings. The number of carbonyl (C=O) groups is 1. The summed E-state index contributed by atoms with van der Waals surface area (Å²) in [6.07, 6.45) is 5.29. The van der Waals surface area contributed by atoms with Crippen LogP contribution < -0.4 is 19.6 Å². The number of thiazole rings is 1. The molecule has 0 radical (unpaired) electrons. The van der Waals surface area contributed by atoms with Gasteiger partial charge in [-0.2, -0.15) is 0 Å². The van der Waals surface area contributed by atoms with E-state index in [-0.39, 0.29) is 12.2 Å². The Labute approximate surface area is 235 Å². The van der Waals surface area contributed by atoms with E-state index in [2.05, 4.69) is 0 Å². The van der Waals surface area contributed by atoms with Crippen molar-refractivity contribution in [2.75, 3.05) is 20.0 Å². The molecule has 0 bridgehead atoms. The Morgan fingerprint density at radius 2 is 1.87 bits per heavy atom. The molecule has 39 heavy (non-hydrogen) atoms. The van der Waals surface area contributed by atoms with Crippen LogP contribution >= 0.6 is 23.1 Å². The predicted octanol–water partition coefficient (Wildman–Crippen LogP) is 5.46. The van der Waals surface area contributed by atoms with Gasteiger partial charge >= 0.3 is 5.97 Å². The lowest BCUT2D eigenvalue weighted by Crippen LogP contribution is -2.40. The van der Waals surface area contributed by atoms with Gasteiger partial charge in [-0.3, -0.25) is 9.36 Å². The third-order valence-corrected chi connectivity index (χ3v) is 8.46. The lowest BCUT2D eigenvalue weighted by molar-refractivity contribution is -0.139. The number of aromatic nitrogens is 1. The summed E-state index contributed by atoms with van der Waals surface area (Å²) in [6.45, 7) is 4.05. The molecular weight excluding hydrogens is 528 g/mol. The van der Waals surface area contributed by atoms with E-state index in [9.17, 15) is 9.59 Å². The number of nitrogens with zero attached hydrogens (tertiary/aromatic N) is 2. The monoisotopic (exact) mass is 558 g/mol. The zero-order valence-corrected chi connectivity index (χ0v) is 24.0. The normalized spacial score (nSPS) is 15.3. The van der Waals surface area contributed by atoms with Crippen molar-refractivity contribution in [1.29, 1.82) is 0 Å². The quantitative estimate of drug-likeness (QED) is 0.212. The Bertz CT molecular complexity index is 1750. The van der Waals surface area contributed by atoms with E-state index in [1.165, 1.54) is 11.3 Å². The number of carbonyl (C=O) groups excluding carboxylic acids is 1. The van der Waals surface area contributed by atoms with Crippen LogP contribution in [0.15, 0.2) is 86.6 Å². The molecule has 2 heterocycles. The average molecular weight is 559 g/mol. The first kappa shape index (κ1) is 27.0. The summed E-state index contributed by atoms with van der Waals surface area (Å²) in [5.41, 5.74) is 2.50. The maximum Gasteiger partial charge on any atom is 0.338 e. The summed E-state index contributed by atoms with van der Waals surface area (Å²) < 4.78 is 13.6. The van der Waals surface area contributed by atoms with Crippen molar-refractivity contribution in [1.82, 2.24) is 4.57 Å². The minimum Gasteiger partial charge on any atom is -0.496 e. The van der Waals surface area contributed by atoms with Crippen LogP contribution in [0.25, 0.3) is 16.8 Å². The van der Waals surface area contributed by atoms with Crippen LogP contribution in [0, 0.1) is 0 Å². The van der Waals surface area contributed by atoms with Crippen molar-refractivity contribution in [3.8, 4) is 5.75 Å². The fraction of sp³-hybridized carbons (Fsp3) is 0.258. The van der Waals surface area contributed by atoms with Crippen LogP contribution in [0.1, 0.15) is 43.9 Å². The second-order valence-corrected chi connectivity index (χ2v) is 11.0. The van der Waals surface area contributed by atoms with Gasteiger partial charge in [-0.15, -0.1) is 11.8 Å². The van der Waals surface area contributed by atoms with E-state index in [4.69, 9.17) is 14.5 Å². The highest BCUT2D eigenvalue weighted by Crippen LogP contribution is 2.41. The van der Waals surface area contributed by atoms with Crippen LogP contribution in [-0.4, -0.2) is 30.5 Å². The molecule has 1 aliphatic rings. The molecule has 6 nitrogen and oxygen atoms in total. The van der Waals surface area contributed by atoms with Gasteiger partial charge in [-0.1, -0.05) is 67.1 Å². The third-order valence-electron chi connectivity index (χ3n) is 6.73. The second kappa shape index (κ2) is 11.6. The number of rotatable bonds is 8. The highest BCUT2D eigenvalue weighted by Gasteiger charge is 2.37. The summed E-state index contributed by atoms with van der Waals surface area (Å²) >= 11 is 3.01. The third kappa shape index (κ3) is 5.06. The fourth-order valence-corrected chi connectivity index (χ4v) is 6.41. The highest BCUT2D eigenvalue weighted by molar-refractivity contribution is 7.98. The molecule has 0 spiro atoms. The van der Waals surface area contributed by atoms with Crippen LogP contribution in [0.5, 0.6) is 5.75 Å². The molecular formula is C31H30N2O4S2. The summed E-state index contributed by atoms with van der Waals surface area (Å²) in [4.78, 5) is 34.3. The van der Waals surface area contributed by atoms with Gasteiger partial charge < -0.3 is 9.47 Å². The van der Waals surface area contributed by atoms with E-state index < -0.39 is 12.0 Å². The summed E-state index contributed by atoms with van der Waals surface area (Å²) in [5, 5.41) is 1.89. The van der Waals surface area contributed by atoms with Gasteiger partial charge in [0.25, 0.3) is 5.56 Å². The topological polar surface area (TPSA) is 69.9 Å². The summed E-state index contributed by atoms with van der Waals surface area (Å²) in [6, 6.07) is 19.1. The zero-order valence-electron chi connectivity index (χ0n) is 22.4. The zero-order chi connectivity index (χ0) is 27.5. The average Bonchev–Trinajstić information content (AvgIpc) is 3.26. The first-order valence-electron chi connectivity index (χ1n) is 12.9. The van der Waals surface area contributed by atoms with Crippen LogP contribution in [0.2, 0.25) is 0 Å².